The molecule has 0 spiro atoms. The van der Waals surface area contributed by atoms with Crippen LogP contribution in [0.2, 0.25) is 0 Å². The molecule has 1 aliphatic heterocycles. The van der Waals surface area contributed by atoms with Crippen LogP contribution in [0.15, 0.2) is 83.1 Å². The summed E-state index contributed by atoms with van der Waals surface area (Å²) >= 11 is 0. The molecule has 0 atom stereocenters. The van der Waals surface area contributed by atoms with Crippen molar-refractivity contribution in [1.29, 1.82) is 0 Å². The maximum Gasteiger partial charge on any atom is 0.197 e. The molecule has 3 nitrogen and oxygen atoms in total. The fraction of sp³-hybridized carbons (Fsp3) is 0.172. The van der Waals surface area contributed by atoms with Gasteiger partial charge in [0.2, 0.25) is 0 Å². The third-order valence-electron chi connectivity index (χ3n) is 7.46. The molecule has 154 valence electrons. The first-order valence-corrected chi connectivity index (χ1v) is 11.2. The molecule has 1 heterocycles. The zero-order valence-electron chi connectivity index (χ0n) is 17.7. The minimum atomic E-state index is -0.153. The van der Waals surface area contributed by atoms with Crippen LogP contribution in [0, 0.1) is 0 Å². The molecule has 3 heteroatoms. The Balaban J connectivity index is 1.08. The molecule has 2 aromatic carbocycles. The lowest BCUT2D eigenvalue weighted by molar-refractivity contribution is 0.0988. The predicted molar refractivity (Wildman–Crippen MR) is 125 cm³/mol. The van der Waals surface area contributed by atoms with Gasteiger partial charge in [-0.25, -0.2) is 0 Å². The Kier molecular flexibility index (Phi) is 3.58. The first kappa shape index (κ1) is 17.9. The number of rotatable bonds is 2. The maximum absolute atomic E-state index is 12.7. The van der Waals surface area contributed by atoms with Crippen molar-refractivity contribution in [2.75, 3.05) is 13.1 Å². The lowest BCUT2D eigenvalue weighted by Crippen LogP contribution is -2.21. The summed E-state index contributed by atoms with van der Waals surface area (Å²) in [4.78, 5) is 27.9. The highest BCUT2D eigenvalue weighted by atomic mass is 16.2. The van der Waals surface area contributed by atoms with Gasteiger partial charge in [0.05, 0.1) is 5.57 Å². The van der Waals surface area contributed by atoms with Gasteiger partial charge >= 0.3 is 0 Å². The Morgan fingerprint density at radius 1 is 0.844 bits per heavy atom. The molecule has 0 bridgehead atoms. The Bertz CT molecular complexity index is 1390. The fourth-order valence-corrected chi connectivity index (χ4v) is 5.85. The molecule has 7 rings (SSSR count). The molecule has 0 unspecified atom stereocenters. The average molecular weight is 415 g/mol. The van der Waals surface area contributed by atoms with Crippen LogP contribution in [0.1, 0.15) is 49.4 Å². The van der Waals surface area contributed by atoms with E-state index in [-0.39, 0.29) is 11.6 Å². The van der Waals surface area contributed by atoms with E-state index in [4.69, 9.17) is 0 Å². The normalized spacial score (nSPS) is 20.0. The van der Waals surface area contributed by atoms with Crippen molar-refractivity contribution < 1.29 is 9.59 Å². The second-order valence-corrected chi connectivity index (χ2v) is 9.22. The molecular weight excluding hydrogens is 394 g/mol. The number of ketones is 2. The maximum atomic E-state index is 12.7. The van der Waals surface area contributed by atoms with Crippen LogP contribution in [0.4, 0.5) is 0 Å². The number of carbonyl (C=O) groups excluding carboxylic acids is 2. The second-order valence-electron chi connectivity index (χ2n) is 9.22. The van der Waals surface area contributed by atoms with Gasteiger partial charge in [-0.2, -0.15) is 0 Å². The van der Waals surface area contributed by atoms with E-state index in [9.17, 15) is 9.59 Å². The summed E-state index contributed by atoms with van der Waals surface area (Å²) in [6.07, 6.45) is 13.5. The van der Waals surface area contributed by atoms with Gasteiger partial charge in [0, 0.05) is 36.3 Å². The van der Waals surface area contributed by atoms with E-state index in [1.54, 1.807) is 18.2 Å². The van der Waals surface area contributed by atoms with Crippen molar-refractivity contribution in [1.82, 2.24) is 4.90 Å². The molecule has 0 aromatic heterocycles. The van der Waals surface area contributed by atoms with Gasteiger partial charge in [-0.05, 0) is 64.0 Å². The van der Waals surface area contributed by atoms with Crippen LogP contribution >= 0.6 is 0 Å². The first-order chi connectivity index (χ1) is 15.7. The Hall–Kier alpha value is -3.72. The molecule has 32 heavy (non-hydrogen) atoms. The number of hydrogen-bond acceptors (Lipinski definition) is 3. The topological polar surface area (TPSA) is 37.4 Å². The highest BCUT2D eigenvalue weighted by molar-refractivity contribution is 6.39. The van der Waals surface area contributed by atoms with Gasteiger partial charge in [-0.1, -0.05) is 54.6 Å². The van der Waals surface area contributed by atoms with Crippen molar-refractivity contribution in [2.45, 2.75) is 19.3 Å². The fourth-order valence-electron chi connectivity index (χ4n) is 5.85. The standard InChI is InChI=1S/C29H21NO2/c31-28-23-5-1-2-6-24(23)29(32)26(28)13-17-8-10-20(12-17)30-15-19-14-25-21-7-3-4-18(21)9-11-22(25)27(19)16-30/h1-3,5-11,13H,4,12,14-16H2. The monoisotopic (exact) mass is 415 g/mol. The molecule has 0 fully saturated rings. The van der Waals surface area contributed by atoms with Gasteiger partial charge in [0.15, 0.2) is 11.6 Å². The SMILES string of the molecule is O=C1C(=CC2=CC=C(N3CC4=C(C3)c3ccc5c(c3C4)C=CC5)C2)C(=O)c2ccccc21. The van der Waals surface area contributed by atoms with E-state index >= 15 is 0 Å². The quantitative estimate of drug-likeness (QED) is 0.506. The minimum absolute atomic E-state index is 0.153. The average Bonchev–Trinajstić information content (AvgIpc) is 3.60. The van der Waals surface area contributed by atoms with Crippen LogP contribution in [-0.4, -0.2) is 29.6 Å². The number of carbonyl (C=O) groups is 2. The van der Waals surface area contributed by atoms with Crippen molar-refractivity contribution >= 4 is 23.2 Å². The molecule has 0 saturated carbocycles. The highest BCUT2D eigenvalue weighted by Gasteiger charge is 2.35. The summed E-state index contributed by atoms with van der Waals surface area (Å²) in [5.74, 6) is -0.306. The van der Waals surface area contributed by atoms with Crippen LogP contribution in [0.3, 0.4) is 0 Å². The van der Waals surface area contributed by atoms with Crippen molar-refractivity contribution in [3.63, 3.8) is 0 Å². The van der Waals surface area contributed by atoms with Gasteiger partial charge in [-0.15, -0.1) is 0 Å². The van der Waals surface area contributed by atoms with E-state index < -0.39 is 0 Å². The molecule has 2 aromatic rings. The molecule has 0 radical (unpaired) electrons. The van der Waals surface area contributed by atoms with Crippen molar-refractivity contribution in [2.24, 2.45) is 0 Å². The zero-order chi connectivity index (χ0) is 21.4. The third-order valence-corrected chi connectivity index (χ3v) is 7.46. The highest BCUT2D eigenvalue weighted by Crippen LogP contribution is 2.43. The summed E-state index contributed by atoms with van der Waals surface area (Å²) < 4.78 is 0. The molecule has 5 aliphatic rings. The lowest BCUT2D eigenvalue weighted by Gasteiger charge is -2.23. The molecule has 0 amide bonds. The van der Waals surface area contributed by atoms with Crippen LogP contribution in [-0.2, 0) is 12.8 Å². The second kappa shape index (κ2) is 6.39. The summed E-state index contributed by atoms with van der Waals surface area (Å²) in [6, 6.07) is 11.7. The Morgan fingerprint density at radius 2 is 1.66 bits per heavy atom. The number of hydrogen-bond donors (Lipinski definition) is 0. The Morgan fingerprint density at radius 3 is 2.47 bits per heavy atom. The van der Waals surface area contributed by atoms with Gasteiger partial charge in [0.1, 0.15) is 0 Å². The summed E-state index contributed by atoms with van der Waals surface area (Å²) in [5.41, 5.74) is 12.5. The number of fused-ring (bicyclic) bond motifs is 5. The van der Waals surface area contributed by atoms with Crippen LogP contribution in [0.25, 0.3) is 11.6 Å². The number of Topliss-reactive ketones (excluding diaryl/α,β-unsaturated/α-hetero) is 2. The summed E-state index contributed by atoms with van der Waals surface area (Å²) in [6.45, 7) is 1.91. The third kappa shape index (κ3) is 2.42. The molecule has 0 saturated heterocycles. The largest absolute Gasteiger partial charge is 0.366 e. The molecule has 0 N–H and O–H groups in total. The lowest BCUT2D eigenvalue weighted by atomic mass is 9.96. The molecule has 4 aliphatic carbocycles. The smallest absolute Gasteiger partial charge is 0.197 e. The van der Waals surface area contributed by atoms with E-state index in [1.807, 2.05) is 12.1 Å². The van der Waals surface area contributed by atoms with E-state index in [0.29, 0.717) is 16.7 Å². The van der Waals surface area contributed by atoms with Gasteiger partial charge in [-0.3, -0.25) is 9.59 Å². The van der Waals surface area contributed by atoms with Gasteiger partial charge < -0.3 is 4.90 Å². The number of benzene rings is 2. The van der Waals surface area contributed by atoms with Crippen molar-refractivity contribution in [3.05, 3.63) is 116 Å². The molecular formula is C29H21NO2. The number of allylic oxidation sites excluding steroid dienone is 6. The van der Waals surface area contributed by atoms with Crippen LogP contribution < -0.4 is 0 Å². The number of nitrogens with zero attached hydrogens (tertiary/aromatic N) is 1. The van der Waals surface area contributed by atoms with Crippen molar-refractivity contribution in [3.8, 4) is 0 Å². The van der Waals surface area contributed by atoms with E-state index in [0.717, 1.165) is 37.9 Å². The van der Waals surface area contributed by atoms with E-state index in [2.05, 4.69) is 41.3 Å². The minimum Gasteiger partial charge on any atom is -0.366 e. The first-order valence-electron chi connectivity index (χ1n) is 11.2. The van der Waals surface area contributed by atoms with Crippen LogP contribution in [0.5, 0.6) is 0 Å². The van der Waals surface area contributed by atoms with Gasteiger partial charge in [0.25, 0.3) is 0 Å². The zero-order valence-corrected chi connectivity index (χ0v) is 17.7. The summed E-state index contributed by atoms with van der Waals surface area (Å²) in [5, 5.41) is 0. The summed E-state index contributed by atoms with van der Waals surface area (Å²) in [7, 11) is 0. The predicted octanol–water partition coefficient (Wildman–Crippen LogP) is 5.10. The Labute approximate surface area is 186 Å². The van der Waals surface area contributed by atoms with E-state index in [1.165, 1.54) is 39.1 Å².